The Morgan fingerprint density at radius 3 is 2.14 bits per heavy atom. The minimum atomic E-state index is -0.810. The molecule has 2 heterocycles. The summed E-state index contributed by atoms with van der Waals surface area (Å²) >= 11 is 0. The van der Waals surface area contributed by atoms with Crippen molar-refractivity contribution in [2.45, 2.75) is 18.3 Å². The molecule has 0 saturated carbocycles. The van der Waals surface area contributed by atoms with Gasteiger partial charge in [-0.3, -0.25) is 13.9 Å². The molecule has 3 N–H and O–H groups in total. The molecule has 29 heavy (non-hydrogen) atoms. The Morgan fingerprint density at radius 1 is 1.03 bits per heavy atom. The molecule has 1 aromatic rings. The third-order valence-electron chi connectivity index (χ3n) is 4.40. The Kier molecular flexibility index (Phi) is 11.6. The van der Waals surface area contributed by atoms with Crippen LogP contribution in [-0.4, -0.2) is 108 Å². The van der Waals surface area contributed by atoms with E-state index in [1.807, 2.05) is 0 Å². The highest BCUT2D eigenvalue weighted by molar-refractivity contribution is 7.85. The van der Waals surface area contributed by atoms with E-state index >= 15 is 0 Å². The Bertz CT molecular complexity index is 649. The number of nitrogens with one attached hydrogen (secondary N) is 1. The number of ether oxygens (including phenoxy) is 4. The molecule has 1 aliphatic rings. The molecule has 0 aromatic carbocycles. The van der Waals surface area contributed by atoms with Gasteiger partial charge < -0.3 is 24.7 Å². The van der Waals surface area contributed by atoms with Gasteiger partial charge in [-0.2, -0.15) is 5.10 Å². The summed E-state index contributed by atoms with van der Waals surface area (Å²) in [7, 11) is -0.810. The van der Waals surface area contributed by atoms with Crippen LogP contribution in [0, 0.1) is 0 Å². The lowest BCUT2D eigenvalue weighted by atomic mass is 10.2. The summed E-state index contributed by atoms with van der Waals surface area (Å²) in [6.45, 7) is 6.78. The topological polar surface area (TPSA) is 134 Å². The molecule has 12 heteroatoms. The molecule has 1 unspecified atom stereocenters. The Morgan fingerprint density at radius 2 is 1.59 bits per heavy atom. The van der Waals surface area contributed by atoms with Gasteiger partial charge in [0.05, 0.1) is 64.6 Å². The molecule has 1 saturated heterocycles. The SMILES string of the molecule is CS(=O)C1CN(Cc2n[nH]n(CCOCCOCCOCCOCCN)c2=O)C1. The number of nitrogens with two attached hydrogens (primary N) is 1. The van der Waals surface area contributed by atoms with Crippen LogP contribution < -0.4 is 11.3 Å². The highest BCUT2D eigenvalue weighted by Gasteiger charge is 2.30. The average molecular weight is 436 g/mol. The van der Waals surface area contributed by atoms with Crippen molar-refractivity contribution in [3.8, 4) is 0 Å². The minimum Gasteiger partial charge on any atom is -0.378 e. The van der Waals surface area contributed by atoms with Crippen molar-refractivity contribution < 1.29 is 23.2 Å². The smallest absolute Gasteiger partial charge is 0.291 e. The summed E-state index contributed by atoms with van der Waals surface area (Å²) in [4.78, 5) is 14.4. The van der Waals surface area contributed by atoms with Crippen molar-refractivity contribution in [1.29, 1.82) is 0 Å². The lowest BCUT2D eigenvalue weighted by molar-refractivity contribution is -0.00206. The van der Waals surface area contributed by atoms with Crippen LogP contribution >= 0.6 is 0 Å². The van der Waals surface area contributed by atoms with Gasteiger partial charge in [-0.25, -0.2) is 9.90 Å². The van der Waals surface area contributed by atoms with Crippen LogP contribution in [0.1, 0.15) is 5.69 Å². The average Bonchev–Trinajstić information content (AvgIpc) is 3.01. The van der Waals surface area contributed by atoms with Crippen molar-refractivity contribution in [2.24, 2.45) is 5.73 Å². The Balaban J connectivity index is 1.45. The maximum absolute atomic E-state index is 12.3. The van der Waals surface area contributed by atoms with E-state index < -0.39 is 10.8 Å². The van der Waals surface area contributed by atoms with Crippen LogP contribution in [0.5, 0.6) is 0 Å². The van der Waals surface area contributed by atoms with E-state index in [-0.39, 0.29) is 10.8 Å². The monoisotopic (exact) mass is 435 g/mol. The van der Waals surface area contributed by atoms with Crippen LogP contribution in [0.2, 0.25) is 0 Å². The van der Waals surface area contributed by atoms with E-state index in [1.54, 1.807) is 6.26 Å². The number of aromatic nitrogens is 3. The number of likely N-dealkylation sites (tertiary alicyclic amines) is 1. The van der Waals surface area contributed by atoms with E-state index in [9.17, 15) is 9.00 Å². The van der Waals surface area contributed by atoms with Crippen molar-refractivity contribution in [3.63, 3.8) is 0 Å². The molecule has 168 valence electrons. The van der Waals surface area contributed by atoms with Crippen LogP contribution in [0.3, 0.4) is 0 Å². The highest BCUT2D eigenvalue weighted by Crippen LogP contribution is 2.14. The van der Waals surface area contributed by atoms with Crippen LogP contribution in [0.25, 0.3) is 0 Å². The van der Waals surface area contributed by atoms with Gasteiger partial charge in [-0.05, 0) is 0 Å². The fourth-order valence-electron chi connectivity index (χ4n) is 2.70. The van der Waals surface area contributed by atoms with E-state index in [2.05, 4.69) is 15.2 Å². The second-order valence-corrected chi connectivity index (χ2v) is 8.33. The third kappa shape index (κ3) is 9.03. The largest absolute Gasteiger partial charge is 0.378 e. The van der Waals surface area contributed by atoms with E-state index in [0.29, 0.717) is 78.2 Å². The molecule has 0 aliphatic carbocycles. The number of hydrogen-bond acceptors (Lipinski definition) is 9. The van der Waals surface area contributed by atoms with Crippen LogP contribution in [0.15, 0.2) is 4.79 Å². The molecule has 1 fully saturated rings. The molecule has 2 rings (SSSR count). The molecular formula is C17H33N5O6S. The first-order valence-electron chi connectivity index (χ1n) is 9.81. The number of H-pyrrole nitrogens is 1. The van der Waals surface area contributed by atoms with Crippen molar-refractivity contribution >= 4 is 10.8 Å². The zero-order chi connectivity index (χ0) is 20.9. The second-order valence-electron chi connectivity index (χ2n) is 6.67. The molecular weight excluding hydrogens is 402 g/mol. The quantitative estimate of drug-likeness (QED) is 0.271. The minimum absolute atomic E-state index is 0.140. The van der Waals surface area contributed by atoms with Gasteiger partial charge in [-0.1, -0.05) is 0 Å². The van der Waals surface area contributed by atoms with Gasteiger partial charge in [0, 0.05) is 43.2 Å². The molecule has 0 radical (unpaired) electrons. The first kappa shape index (κ1) is 24.1. The van der Waals surface area contributed by atoms with Gasteiger partial charge in [0.15, 0.2) is 0 Å². The van der Waals surface area contributed by atoms with Crippen molar-refractivity contribution in [3.05, 3.63) is 16.0 Å². The van der Waals surface area contributed by atoms with Crippen LogP contribution in [-0.2, 0) is 42.8 Å². The third-order valence-corrected chi connectivity index (χ3v) is 5.64. The molecule has 1 atom stereocenters. The molecule has 0 spiro atoms. The molecule has 11 nitrogen and oxygen atoms in total. The first-order valence-corrected chi connectivity index (χ1v) is 11.4. The normalized spacial score (nSPS) is 16.2. The fourth-order valence-corrected chi connectivity index (χ4v) is 3.54. The lowest BCUT2D eigenvalue weighted by Crippen LogP contribution is -2.52. The maximum atomic E-state index is 12.3. The molecule has 0 bridgehead atoms. The van der Waals surface area contributed by atoms with Crippen LogP contribution in [0.4, 0.5) is 0 Å². The summed E-state index contributed by atoms with van der Waals surface area (Å²) in [6, 6.07) is 0. The summed E-state index contributed by atoms with van der Waals surface area (Å²) in [5.41, 5.74) is 5.64. The zero-order valence-corrected chi connectivity index (χ0v) is 17.9. The van der Waals surface area contributed by atoms with Gasteiger partial charge in [-0.15, -0.1) is 0 Å². The van der Waals surface area contributed by atoms with Crippen molar-refractivity contribution in [1.82, 2.24) is 19.9 Å². The van der Waals surface area contributed by atoms with Gasteiger partial charge in [0.2, 0.25) is 0 Å². The summed E-state index contributed by atoms with van der Waals surface area (Å²) in [6.07, 6.45) is 1.71. The number of nitrogens with zero attached hydrogens (tertiary/aromatic N) is 3. The first-order chi connectivity index (χ1) is 14.1. The van der Waals surface area contributed by atoms with Gasteiger partial charge in [0.1, 0.15) is 5.69 Å². The summed E-state index contributed by atoms with van der Waals surface area (Å²) in [5.74, 6) is 0. The predicted molar refractivity (Wildman–Crippen MR) is 108 cm³/mol. The van der Waals surface area contributed by atoms with Gasteiger partial charge in [0.25, 0.3) is 5.56 Å². The Hall–Kier alpha value is -1.15. The van der Waals surface area contributed by atoms with E-state index in [0.717, 1.165) is 13.1 Å². The molecule has 1 aliphatic heterocycles. The highest BCUT2D eigenvalue weighted by atomic mass is 32.2. The van der Waals surface area contributed by atoms with Gasteiger partial charge >= 0.3 is 0 Å². The predicted octanol–water partition coefficient (Wildman–Crippen LogP) is -1.84. The van der Waals surface area contributed by atoms with E-state index in [1.165, 1.54) is 4.68 Å². The second kappa shape index (κ2) is 14.0. The zero-order valence-electron chi connectivity index (χ0n) is 17.0. The standard InChI is InChI=1S/C17H33N5O6S/c1-29(24)15-12-21(13-15)14-16-17(23)22(20-19-16)3-5-26-7-9-28-11-10-27-8-6-25-4-2-18/h15,20H,2-14,18H2,1H3. The maximum Gasteiger partial charge on any atom is 0.291 e. The number of rotatable bonds is 17. The number of aromatic amines is 1. The number of hydrogen-bond donors (Lipinski definition) is 2. The summed E-state index contributed by atoms with van der Waals surface area (Å²) < 4.78 is 34.2. The van der Waals surface area contributed by atoms with Crippen molar-refractivity contribution in [2.75, 3.05) is 78.7 Å². The fraction of sp³-hybridized carbons (Fsp3) is 0.882. The summed E-state index contributed by atoms with van der Waals surface area (Å²) in [5, 5.41) is 7.02. The van der Waals surface area contributed by atoms with E-state index in [4.69, 9.17) is 24.7 Å². The molecule has 0 amide bonds. The molecule has 1 aromatic heterocycles. The lowest BCUT2D eigenvalue weighted by Gasteiger charge is -2.37. The Labute approximate surface area is 173 Å².